The highest BCUT2D eigenvalue weighted by atomic mass is 16.7. The lowest BCUT2D eigenvalue weighted by Gasteiger charge is -2.62. The molecule has 8 rings (SSSR count). The van der Waals surface area contributed by atoms with Crippen LogP contribution >= 0.6 is 0 Å². The average Bonchev–Trinajstić information content (AvgIpc) is 3.84. The summed E-state index contributed by atoms with van der Waals surface area (Å²) in [5, 5.41) is 30.0. The standard InChI is InChI=1S/C45H77N5O7/c1-26-35-22-31(45(35,3)4)23-36(26)47-43(54)40-39(27(2)52)38(25-51)57-50(40)24-28-13-11-16-34(41(28)56-7)29-19-30(21-33(20-29)48(5)6)44(55)49-18-12-17-37(49)42(53)46-32-14-9-8-10-15-32/h26-41,51-52H,8-25H2,1-7H3,(H,46,53)(H,47,54)/t26-,27?,28?,29?,30?,31+,33?,34?,35-,36-,37-,38-,39?,40-,41?/m0/s1. The van der Waals surface area contributed by atoms with E-state index >= 15 is 0 Å². The van der Waals surface area contributed by atoms with Crippen LogP contribution in [0.1, 0.15) is 124 Å². The van der Waals surface area contributed by atoms with Gasteiger partial charge in [0.1, 0.15) is 18.2 Å². The summed E-state index contributed by atoms with van der Waals surface area (Å²) in [5.74, 6) is 1.45. The van der Waals surface area contributed by atoms with Crippen molar-refractivity contribution in [3.63, 3.8) is 0 Å². The van der Waals surface area contributed by atoms with E-state index in [9.17, 15) is 24.6 Å². The van der Waals surface area contributed by atoms with E-state index in [1.165, 1.54) is 12.8 Å². The minimum Gasteiger partial charge on any atom is -0.394 e. The van der Waals surface area contributed by atoms with E-state index < -0.39 is 24.2 Å². The fourth-order valence-corrected chi connectivity index (χ4v) is 13.5. The lowest BCUT2D eigenvalue weighted by Crippen LogP contribution is -2.62. The zero-order valence-corrected chi connectivity index (χ0v) is 36.2. The van der Waals surface area contributed by atoms with Crippen molar-refractivity contribution >= 4 is 17.7 Å². The highest BCUT2D eigenvalue weighted by molar-refractivity contribution is 5.89. The van der Waals surface area contributed by atoms with E-state index in [1.54, 1.807) is 19.1 Å². The predicted octanol–water partition coefficient (Wildman–Crippen LogP) is 4.36. The number of aliphatic hydroxyl groups is 2. The fourth-order valence-electron chi connectivity index (χ4n) is 13.5. The minimum absolute atomic E-state index is 0.0324. The summed E-state index contributed by atoms with van der Waals surface area (Å²) in [6, 6.07) is -0.539. The molecule has 57 heavy (non-hydrogen) atoms. The van der Waals surface area contributed by atoms with Crippen LogP contribution in [0, 0.1) is 52.8 Å². The smallest absolute Gasteiger partial charge is 0.243 e. The third-order valence-electron chi connectivity index (χ3n) is 16.9. The van der Waals surface area contributed by atoms with Crippen molar-refractivity contribution in [1.82, 2.24) is 25.5 Å². The molecule has 6 aliphatic carbocycles. The van der Waals surface area contributed by atoms with Crippen molar-refractivity contribution in [2.75, 3.05) is 40.9 Å². The molecule has 2 bridgehead atoms. The van der Waals surface area contributed by atoms with Crippen LogP contribution in [0.5, 0.6) is 0 Å². The number of carbonyl (C=O) groups excluding carboxylic acids is 3. The van der Waals surface area contributed by atoms with Crippen LogP contribution in [0.2, 0.25) is 0 Å². The van der Waals surface area contributed by atoms with Gasteiger partial charge in [-0.25, -0.2) is 0 Å². The molecular weight excluding hydrogens is 723 g/mol. The Morgan fingerprint density at radius 2 is 1.68 bits per heavy atom. The van der Waals surface area contributed by atoms with Gasteiger partial charge in [0.05, 0.1) is 18.8 Å². The van der Waals surface area contributed by atoms with Crippen molar-refractivity contribution in [3.05, 3.63) is 0 Å². The number of ether oxygens (including phenoxy) is 1. The summed E-state index contributed by atoms with van der Waals surface area (Å²) in [6.45, 7) is 9.52. The lowest BCUT2D eigenvalue weighted by atomic mass is 9.45. The van der Waals surface area contributed by atoms with E-state index in [0.29, 0.717) is 36.3 Å². The number of methoxy groups -OCH3 is 1. The van der Waals surface area contributed by atoms with Gasteiger partial charge in [-0.1, -0.05) is 46.5 Å². The largest absolute Gasteiger partial charge is 0.394 e. The molecule has 0 aromatic heterocycles. The molecule has 12 heteroatoms. The van der Waals surface area contributed by atoms with Crippen LogP contribution in [0.3, 0.4) is 0 Å². The maximum Gasteiger partial charge on any atom is 0.243 e. The van der Waals surface area contributed by atoms with E-state index in [2.05, 4.69) is 50.4 Å². The summed E-state index contributed by atoms with van der Waals surface area (Å²) in [4.78, 5) is 53.1. The number of nitrogens with zero attached hydrogens (tertiary/aromatic N) is 3. The number of hydroxylamine groups is 2. The molecule has 6 saturated carbocycles. The second-order valence-electron chi connectivity index (χ2n) is 20.6. The number of amides is 3. The maximum atomic E-state index is 14.5. The summed E-state index contributed by atoms with van der Waals surface area (Å²) < 4.78 is 6.44. The summed E-state index contributed by atoms with van der Waals surface area (Å²) in [5.41, 5.74) is 0.305. The zero-order chi connectivity index (χ0) is 40.8. The topological polar surface area (TPSA) is 144 Å². The molecule has 0 spiro atoms. The molecule has 8 fully saturated rings. The van der Waals surface area contributed by atoms with Gasteiger partial charge in [0.25, 0.3) is 0 Å². The fraction of sp³-hybridized carbons (Fsp3) is 0.933. The van der Waals surface area contributed by atoms with Crippen LogP contribution in [0.15, 0.2) is 0 Å². The third-order valence-corrected chi connectivity index (χ3v) is 16.9. The lowest BCUT2D eigenvalue weighted by molar-refractivity contribution is -0.193. The Balaban J connectivity index is 1.05. The van der Waals surface area contributed by atoms with Gasteiger partial charge in [-0.2, -0.15) is 5.06 Å². The molecule has 324 valence electrons. The molecule has 8 unspecified atom stereocenters. The number of fused-ring (bicyclic) bond motifs is 2. The first kappa shape index (κ1) is 43.3. The average molecular weight is 800 g/mol. The molecule has 0 aromatic rings. The predicted molar refractivity (Wildman–Crippen MR) is 218 cm³/mol. The summed E-state index contributed by atoms with van der Waals surface area (Å²) >= 11 is 0. The van der Waals surface area contributed by atoms with E-state index in [-0.39, 0.29) is 78.3 Å². The number of rotatable bonds is 12. The number of likely N-dealkylation sites (tertiary alicyclic amines) is 1. The number of hydrogen-bond acceptors (Lipinski definition) is 9. The number of aliphatic hydroxyl groups excluding tert-OH is 2. The molecule has 0 aromatic carbocycles. The molecule has 8 aliphatic rings. The van der Waals surface area contributed by atoms with Gasteiger partial charge in [0.15, 0.2) is 0 Å². The van der Waals surface area contributed by atoms with Crippen molar-refractivity contribution in [2.24, 2.45) is 52.8 Å². The quantitative estimate of drug-likeness (QED) is 0.227. The molecule has 4 N–H and O–H groups in total. The van der Waals surface area contributed by atoms with Gasteiger partial charge >= 0.3 is 0 Å². The van der Waals surface area contributed by atoms with Gasteiger partial charge < -0.3 is 35.4 Å². The van der Waals surface area contributed by atoms with Crippen LogP contribution in [0.4, 0.5) is 0 Å². The first-order chi connectivity index (χ1) is 27.2. The van der Waals surface area contributed by atoms with Crippen molar-refractivity contribution in [3.8, 4) is 0 Å². The summed E-state index contributed by atoms with van der Waals surface area (Å²) in [7, 11) is 6.03. The maximum absolute atomic E-state index is 14.5. The van der Waals surface area contributed by atoms with Gasteiger partial charge in [-0.15, -0.1) is 0 Å². The Kier molecular flexibility index (Phi) is 13.7. The highest BCUT2D eigenvalue weighted by Gasteiger charge is 2.58. The Morgan fingerprint density at radius 3 is 2.33 bits per heavy atom. The Labute approximate surface area is 342 Å². The van der Waals surface area contributed by atoms with E-state index in [0.717, 1.165) is 83.5 Å². The van der Waals surface area contributed by atoms with Crippen LogP contribution in [0.25, 0.3) is 0 Å². The second kappa shape index (κ2) is 18.0. The van der Waals surface area contributed by atoms with Crippen LogP contribution < -0.4 is 10.6 Å². The van der Waals surface area contributed by atoms with Gasteiger partial charge in [-0.05, 0) is 127 Å². The molecule has 15 atom stereocenters. The molecule has 2 saturated heterocycles. The molecule has 2 aliphatic heterocycles. The molecule has 3 amide bonds. The Morgan fingerprint density at radius 1 is 0.930 bits per heavy atom. The zero-order valence-electron chi connectivity index (χ0n) is 36.2. The number of nitrogens with one attached hydrogen (secondary N) is 2. The van der Waals surface area contributed by atoms with Crippen LogP contribution in [-0.2, 0) is 24.0 Å². The Bertz CT molecular complexity index is 1410. The van der Waals surface area contributed by atoms with Gasteiger partial charge in [0.2, 0.25) is 17.7 Å². The van der Waals surface area contributed by atoms with E-state index in [1.807, 2.05) is 4.90 Å². The van der Waals surface area contributed by atoms with Crippen molar-refractivity contribution in [2.45, 2.75) is 173 Å². The monoisotopic (exact) mass is 800 g/mol. The van der Waals surface area contributed by atoms with Crippen molar-refractivity contribution < 1.29 is 34.2 Å². The number of hydrogen-bond donors (Lipinski definition) is 4. The first-order valence-corrected chi connectivity index (χ1v) is 23.1. The first-order valence-electron chi connectivity index (χ1n) is 23.1. The molecule has 12 nitrogen and oxygen atoms in total. The third kappa shape index (κ3) is 8.70. The molecule has 0 radical (unpaired) electrons. The van der Waals surface area contributed by atoms with Gasteiger partial charge in [-0.3, -0.25) is 19.2 Å². The normalized spacial score (nSPS) is 41.8. The minimum atomic E-state index is -0.843. The highest BCUT2D eigenvalue weighted by Crippen LogP contribution is 2.61. The molecular formula is C45H77N5O7. The Hall–Kier alpha value is -1.83. The second-order valence-corrected chi connectivity index (χ2v) is 20.6. The summed E-state index contributed by atoms with van der Waals surface area (Å²) in [6.07, 6.45) is 13.3. The van der Waals surface area contributed by atoms with Gasteiger partial charge in [0, 0.05) is 56.1 Å². The molecule has 2 heterocycles. The number of carbonyl (C=O) groups is 3. The van der Waals surface area contributed by atoms with E-state index in [4.69, 9.17) is 9.57 Å². The van der Waals surface area contributed by atoms with Crippen molar-refractivity contribution in [1.29, 1.82) is 0 Å². The van der Waals surface area contributed by atoms with Crippen LogP contribution in [-0.4, -0.2) is 132 Å². The SMILES string of the molecule is COC1C(CN2O[C@@H](CO)C(C(C)O)[C@H]2C(=O)N[C@H]2C[C@H]3C[C@@H]([C@@H]2C)C3(C)C)CCCC1C1CC(C(=O)N2CCC[C@H]2C(=O)NC2CCCCC2)CC(N(C)C)C1.